The summed E-state index contributed by atoms with van der Waals surface area (Å²) in [5.74, 6) is 0.727. The molecule has 0 amide bonds. The van der Waals surface area contributed by atoms with Gasteiger partial charge in [0.25, 0.3) is 0 Å². The molecule has 26 heavy (non-hydrogen) atoms. The molecule has 2 fully saturated rings. The molecule has 2 saturated heterocycles. The number of hydrogen-bond donors (Lipinski definition) is 2. The predicted octanol–water partition coefficient (Wildman–Crippen LogP) is 1.20. The Hall–Kier alpha value is -0.340. The fraction of sp³-hybridized carbons (Fsp3) is 0.929. The molecular weight excluding hydrogens is 488 g/mol. The fourth-order valence-corrected chi connectivity index (χ4v) is 4.04. The topological polar surface area (TPSA) is 85.2 Å². The van der Waals surface area contributed by atoms with Gasteiger partial charge in [0.05, 0.1) is 6.10 Å². The first kappa shape index (κ1) is 23.7. The van der Waals surface area contributed by atoms with E-state index in [1.807, 2.05) is 11.8 Å². The Balaban J connectivity index is 0.00000338. The summed E-state index contributed by atoms with van der Waals surface area (Å²) >= 11 is 0. The van der Waals surface area contributed by atoms with Crippen molar-refractivity contribution in [3.05, 3.63) is 0 Å². The van der Waals surface area contributed by atoms with E-state index >= 15 is 0 Å². The molecule has 2 heterocycles. The van der Waals surface area contributed by atoms with Crippen LogP contribution in [0.3, 0.4) is 0 Å². The smallest absolute Gasteiger partial charge is 0.391 e. The number of nitrogens with one attached hydrogen (secondary N) is 1. The van der Waals surface area contributed by atoms with E-state index in [4.69, 9.17) is 0 Å². The van der Waals surface area contributed by atoms with E-state index in [1.165, 1.54) is 0 Å². The normalized spacial score (nSPS) is 23.8. The van der Waals surface area contributed by atoms with Crippen LogP contribution in [0.1, 0.15) is 26.2 Å². The van der Waals surface area contributed by atoms with Crippen LogP contribution < -0.4 is 5.32 Å². The van der Waals surface area contributed by atoms with Gasteiger partial charge < -0.3 is 15.3 Å². The maximum absolute atomic E-state index is 12.6. The van der Waals surface area contributed by atoms with Crippen LogP contribution in [0.4, 0.5) is 13.2 Å². The summed E-state index contributed by atoms with van der Waals surface area (Å²) in [7, 11) is -5.23. The minimum Gasteiger partial charge on any atom is -0.391 e. The van der Waals surface area contributed by atoms with Gasteiger partial charge >= 0.3 is 15.5 Å². The van der Waals surface area contributed by atoms with Crippen molar-refractivity contribution in [1.82, 2.24) is 14.5 Å². The van der Waals surface area contributed by atoms with E-state index in [2.05, 4.69) is 10.3 Å². The number of aliphatic imine (C=N–C) groups is 1. The van der Waals surface area contributed by atoms with Gasteiger partial charge in [-0.15, -0.1) is 24.0 Å². The first-order chi connectivity index (χ1) is 11.6. The van der Waals surface area contributed by atoms with Gasteiger partial charge in [-0.05, 0) is 32.1 Å². The molecule has 2 rings (SSSR count). The number of aliphatic hydroxyl groups is 1. The third-order valence-corrected chi connectivity index (χ3v) is 6.13. The van der Waals surface area contributed by atoms with Gasteiger partial charge in [-0.25, -0.2) is 8.42 Å². The minimum absolute atomic E-state index is 0. The van der Waals surface area contributed by atoms with Crippen molar-refractivity contribution in [3.8, 4) is 0 Å². The zero-order valence-electron chi connectivity index (χ0n) is 14.6. The Labute approximate surface area is 169 Å². The van der Waals surface area contributed by atoms with Crippen molar-refractivity contribution in [3.63, 3.8) is 0 Å². The number of aliphatic hydroxyl groups excluding tert-OH is 1. The molecule has 0 aromatic carbocycles. The second kappa shape index (κ2) is 9.73. The summed E-state index contributed by atoms with van der Waals surface area (Å²) < 4.78 is 61.0. The molecule has 7 nitrogen and oxygen atoms in total. The molecule has 1 atom stereocenters. The standard InChI is InChI=1S/C14H25F3N4O3S.HI/c1-2-18-13(20-6-5-12(22)10-20)19-9-11-3-7-21(8-4-11)25(23,24)14(15,16)17;/h11-12,22H,2-10H2,1H3,(H,18,19);1H/t12-;/m1./s1. The van der Waals surface area contributed by atoms with Gasteiger partial charge in [0.15, 0.2) is 5.96 Å². The SMILES string of the molecule is CCNC(=NCC1CCN(S(=O)(=O)C(F)(F)F)CC1)N1CC[C@@H](O)C1.I. The molecule has 0 radical (unpaired) electrons. The fourth-order valence-electron chi connectivity index (χ4n) is 3.05. The number of β-amino-alcohol motifs (C(OH)–C–C–N with tert-alkyl or cyclic N) is 1. The summed E-state index contributed by atoms with van der Waals surface area (Å²) in [4.78, 5) is 6.48. The van der Waals surface area contributed by atoms with Gasteiger partial charge in [-0.2, -0.15) is 17.5 Å². The van der Waals surface area contributed by atoms with Crippen LogP contribution >= 0.6 is 24.0 Å². The molecule has 0 aliphatic carbocycles. The summed E-state index contributed by atoms with van der Waals surface area (Å²) in [5, 5.41) is 12.8. The molecule has 2 N–H and O–H groups in total. The van der Waals surface area contributed by atoms with E-state index < -0.39 is 15.5 Å². The van der Waals surface area contributed by atoms with Crippen LogP contribution in [0.2, 0.25) is 0 Å². The Bertz CT molecular complexity index is 580. The van der Waals surface area contributed by atoms with E-state index in [0.717, 1.165) is 0 Å². The summed E-state index contributed by atoms with van der Waals surface area (Å²) in [6.07, 6.45) is 0.999. The maximum atomic E-state index is 12.6. The van der Waals surface area contributed by atoms with E-state index in [-0.39, 0.29) is 49.1 Å². The van der Waals surface area contributed by atoms with E-state index in [9.17, 15) is 26.7 Å². The molecule has 0 saturated carbocycles. The molecule has 0 bridgehead atoms. The molecule has 0 aromatic heterocycles. The summed E-state index contributed by atoms with van der Waals surface area (Å²) in [6, 6.07) is 0. The number of guanidine groups is 1. The van der Waals surface area contributed by atoms with Gasteiger partial charge in [0.2, 0.25) is 0 Å². The zero-order chi connectivity index (χ0) is 18.7. The lowest BCUT2D eigenvalue weighted by Crippen LogP contribution is -2.45. The Morgan fingerprint density at radius 2 is 1.85 bits per heavy atom. The molecular formula is C14H26F3IN4O3S. The number of halogens is 4. The van der Waals surface area contributed by atoms with Crippen molar-refractivity contribution < 1.29 is 26.7 Å². The van der Waals surface area contributed by atoms with Crippen molar-refractivity contribution in [2.75, 3.05) is 39.3 Å². The molecule has 2 aliphatic rings. The van der Waals surface area contributed by atoms with Gasteiger partial charge in [0, 0.05) is 39.3 Å². The van der Waals surface area contributed by atoms with Crippen LogP contribution in [0, 0.1) is 5.92 Å². The second-order valence-corrected chi connectivity index (χ2v) is 8.31. The van der Waals surface area contributed by atoms with Crippen LogP contribution in [0.5, 0.6) is 0 Å². The molecule has 2 aliphatic heterocycles. The average molecular weight is 514 g/mol. The van der Waals surface area contributed by atoms with Crippen molar-refractivity contribution >= 4 is 40.0 Å². The molecule has 0 unspecified atom stereocenters. The maximum Gasteiger partial charge on any atom is 0.511 e. The quantitative estimate of drug-likeness (QED) is 0.335. The number of sulfonamides is 1. The number of piperidine rings is 1. The lowest BCUT2D eigenvalue weighted by molar-refractivity contribution is -0.0496. The Morgan fingerprint density at radius 1 is 1.23 bits per heavy atom. The first-order valence-electron chi connectivity index (χ1n) is 8.43. The number of nitrogens with zero attached hydrogens (tertiary/aromatic N) is 3. The van der Waals surface area contributed by atoms with Crippen LogP contribution in [0.15, 0.2) is 4.99 Å². The highest BCUT2D eigenvalue weighted by Crippen LogP contribution is 2.30. The average Bonchev–Trinajstić information content (AvgIpc) is 2.97. The highest BCUT2D eigenvalue weighted by Gasteiger charge is 2.50. The van der Waals surface area contributed by atoms with Crippen molar-refractivity contribution in [1.29, 1.82) is 0 Å². The summed E-state index contributed by atoms with van der Waals surface area (Å²) in [5.41, 5.74) is -5.24. The molecule has 0 aromatic rings. The monoisotopic (exact) mass is 514 g/mol. The molecule has 154 valence electrons. The third kappa shape index (κ3) is 5.83. The van der Waals surface area contributed by atoms with Crippen LogP contribution in [0.25, 0.3) is 0 Å². The summed E-state index contributed by atoms with van der Waals surface area (Å²) in [6.45, 7) is 3.97. The number of rotatable bonds is 4. The Kier molecular flexibility index (Phi) is 8.87. The van der Waals surface area contributed by atoms with E-state index in [0.29, 0.717) is 55.7 Å². The lowest BCUT2D eigenvalue weighted by Gasteiger charge is -2.31. The minimum atomic E-state index is -5.24. The number of hydrogen-bond acceptors (Lipinski definition) is 4. The largest absolute Gasteiger partial charge is 0.511 e. The zero-order valence-corrected chi connectivity index (χ0v) is 17.7. The lowest BCUT2D eigenvalue weighted by atomic mass is 9.98. The highest BCUT2D eigenvalue weighted by molar-refractivity contribution is 14.0. The number of alkyl halides is 3. The van der Waals surface area contributed by atoms with Gasteiger partial charge in [0.1, 0.15) is 0 Å². The van der Waals surface area contributed by atoms with Crippen LogP contribution in [-0.2, 0) is 10.0 Å². The first-order valence-corrected chi connectivity index (χ1v) is 9.87. The van der Waals surface area contributed by atoms with Gasteiger partial charge in [-0.3, -0.25) is 4.99 Å². The second-order valence-electron chi connectivity index (χ2n) is 6.38. The Morgan fingerprint density at radius 3 is 2.31 bits per heavy atom. The van der Waals surface area contributed by atoms with E-state index in [1.54, 1.807) is 0 Å². The highest BCUT2D eigenvalue weighted by atomic mass is 127. The van der Waals surface area contributed by atoms with Crippen LogP contribution in [-0.4, -0.2) is 79.6 Å². The predicted molar refractivity (Wildman–Crippen MR) is 103 cm³/mol. The molecule has 12 heteroatoms. The van der Waals surface area contributed by atoms with Crippen molar-refractivity contribution in [2.24, 2.45) is 10.9 Å². The number of likely N-dealkylation sites (tertiary alicyclic amines) is 1. The third-order valence-electron chi connectivity index (χ3n) is 4.50. The van der Waals surface area contributed by atoms with Gasteiger partial charge in [-0.1, -0.05) is 0 Å². The van der Waals surface area contributed by atoms with Crippen molar-refractivity contribution in [2.45, 2.75) is 37.8 Å². The molecule has 0 spiro atoms.